The Morgan fingerprint density at radius 2 is 2.00 bits per heavy atom. The molecule has 3 fully saturated rings. The van der Waals surface area contributed by atoms with Crippen molar-refractivity contribution in [1.82, 2.24) is 10.2 Å². The van der Waals surface area contributed by atoms with Crippen LogP contribution in [0.1, 0.15) is 40.5 Å². The number of esters is 1. The number of likely N-dealkylation sites (tertiary alicyclic amines) is 1. The van der Waals surface area contributed by atoms with Crippen LogP contribution in [0.25, 0.3) is 0 Å². The monoisotopic (exact) mass is 438 g/mol. The summed E-state index contributed by atoms with van der Waals surface area (Å²) in [6, 6.07) is -0.893. The van der Waals surface area contributed by atoms with Crippen LogP contribution in [0.5, 0.6) is 0 Å². The molecule has 0 aromatic carbocycles. The van der Waals surface area contributed by atoms with Crippen molar-refractivity contribution in [2.45, 2.75) is 69.0 Å². The summed E-state index contributed by atoms with van der Waals surface area (Å²) in [5.74, 6) is -0.707. The molecule has 0 radical (unpaired) electrons. The van der Waals surface area contributed by atoms with Crippen molar-refractivity contribution in [3.05, 3.63) is 23.1 Å². The fourth-order valence-electron chi connectivity index (χ4n) is 5.02. The van der Waals surface area contributed by atoms with E-state index >= 15 is 0 Å². The van der Waals surface area contributed by atoms with Gasteiger partial charge in [-0.05, 0) is 45.6 Å². The SMILES string of the molecule is COC(=O)[C@@H]1CC(C23NC2[C@@H]3S(=O)(=O)C2=CC=CCC2C)CN1C(=O)OC(C)(C)C. The van der Waals surface area contributed by atoms with Gasteiger partial charge in [-0.3, -0.25) is 4.90 Å². The lowest BCUT2D eigenvalue weighted by Crippen LogP contribution is -2.44. The summed E-state index contributed by atoms with van der Waals surface area (Å²) < 4.78 is 37.0. The van der Waals surface area contributed by atoms with Crippen LogP contribution >= 0.6 is 0 Å². The van der Waals surface area contributed by atoms with Gasteiger partial charge in [-0.15, -0.1) is 0 Å². The Hall–Kier alpha value is -1.87. The smallest absolute Gasteiger partial charge is 0.411 e. The maximum Gasteiger partial charge on any atom is 0.411 e. The first-order valence-electron chi connectivity index (χ1n) is 10.4. The lowest BCUT2D eigenvalue weighted by molar-refractivity contribution is -0.145. The van der Waals surface area contributed by atoms with Gasteiger partial charge in [-0.2, -0.15) is 0 Å². The number of hydrogen-bond acceptors (Lipinski definition) is 7. The molecule has 0 spiro atoms. The predicted molar refractivity (Wildman–Crippen MR) is 110 cm³/mol. The van der Waals surface area contributed by atoms with Crippen LogP contribution < -0.4 is 5.32 Å². The largest absolute Gasteiger partial charge is 0.467 e. The van der Waals surface area contributed by atoms with Crippen molar-refractivity contribution in [1.29, 1.82) is 0 Å². The van der Waals surface area contributed by atoms with Gasteiger partial charge in [0.15, 0.2) is 9.84 Å². The Balaban J connectivity index is 1.54. The third-order valence-corrected chi connectivity index (χ3v) is 9.14. The maximum absolute atomic E-state index is 13.3. The molecule has 1 amide bonds. The molecule has 4 unspecified atom stereocenters. The molecule has 1 N–H and O–H groups in total. The van der Waals surface area contributed by atoms with Crippen LogP contribution in [0.15, 0.2) is 23.1 Å². The number of ether oxygens (including phenoxy) is 2. The molecule has 8 nitrogen and oxygen atoms in total. The van der Waals surface area contributed by atoms with E-state index in [0.717, 1.165) is 0 Å². The molecule has 6 atom stereocenters. The zero-order chi connectivity index (χ0) is 22.1. The van der Waals surface area contributed by atoms with Crippen LogP contribution in [-0.2, 0) is 24.1 Å². The molecule has 2 saturated heterocycles. The Morgan fingerprint density at radius 3 is 2.57 bits per heavy atom. The summed E-state index contributed by atoms with van der Waals surface area (Å²) in [5, 5.41) is 2.78. The van der Waals surface area contributed by atoms with E-state index in [1.165, 1.54) is 12.0 Å². The Labute approximate surface area is 177 Å². The molecule has 0 aromatic heterocycles. The van der Waals surface area contributed by atoms with Crippen molar-refractivity contribution in [3.63, 3.8) is 0 Å². The van der Waals surface area contributed by atoms with Gasteiger partial charge in [-0.25, -0.2) is 18.0 Å². The van der Waals surface area contributed by atoms with Crippen LogP contribution in [-0.4, -0.2) is 67.5 Å². The molecular formula is C21H30N2O6S. The third kappa shape index (κ3) is 3.26. The lowest BCUT2D eigenvalue weighted by atomic mass is 9.98. The third-order valence-electron chi connectivity index (χ3n) is 6.61. The highest BCUT2D eigenvalue weighted by Crippen LogP contribution is 2.64. The highest BCUT2D eigenvalue weighted by Gasteiger charge is 2.87. The predicted octanol–water partition coefficient (Wildman–Crippen LogP) is 1.77. The molecule has 30 heavy (non-hydrogen) atoms. The van der Waals surface area contributed by atoms with Crippen molar-refractivity contribution in [2.75, 3.05) is 13.7 Å². The van der Waals surface area contributed by atoms with Gasteiger partial charge in [0.25, 0.3) is 0 Å². The first-order valence-corrected chi connectivity index (χ1v) is 11.9. The van der Waals surface area contributed by atoms with E-state index in [0.29, 0.717) is 17.7 Å². The van der Waals surface area contributed by atoms with E-state index in [1.807, 2.05) is 13.0 Å². The number of rotatable bonds is 4. The normalized spacial score (nSPS) is 37.3. The first-order chi connectivity index (χ1) is 13.9. The van der Waals surface area contributed by atoms with E-state index in [9.17, 15) is 18.0 Å². The second kappa shape index (κ2) is 6.82. The van der Waals surface area contributed by atoms with E-state index in [-0.39, 0.29) is 24.4 Å². The fraction of sp³-hybridized carbons (Fsp3) is 0.714. The van der Waals surface area contributed by atoms with Crippen molar-refractivity contribution >= 4 is 21.9 Å². The quantitative estimate of drug-likeness (QED) is 0.526. The number of methoxy groups -OCH3 is 1. The molecule has 2 heterocycles. The van der Waals surface area contributed by atoms with Crippen molar-refractivity contribution < 1.29 is 27.5 Å². The number of hydrogen-bond donors (Lipinski definition) is 1. The number of nitrogens with zero attached hydrogens (tertiary/aromatic N) is 1. The zero-order valence-electron chi connectivity index (χ0n) is 18.0. The molecule has 4 aliphatic rings. The molecule has 1 saturated carbocycles. The van der Waals surface area contributed by atoms with Crippen molar-refractivity contribution in [2.24, 2.45) is 11.8 Å². The van der Waals surface area contributed by atoms with Gasteiger partial charge in [-0.1, -0.05) is 19.1 Å². The molecule has 166 valence electrons. The number of carbonyl (C=O) groups excluding carboxylic acids is 2. The molecule has 0 aromatic rings. The van der Waals surface area contributed by atoms with Crippen LogP contribution in [0, 0.1) is 11.8 Å². The summed E-state index contributed by atoms with van der Waals surface area (Å²) in [7, 11) is -2.16. The highest BCUT2D eigenvalue weighted by atomic mass is 32.2. The minimum absolute atomic E-state index is 0.0401. The van der Waals surface area contributed by atoms with Crippen LogP contribution in [0.3, 0.4) is 0 Å². The number of nitrogens with one attached hydrogen (secondary N) is 1. The zero-order valence-corrected chi connectivity index (χ0v) is 18.9. The topological polar surface area (TPSA) is 112 Å². The Bertz CT molecular complexity index is 934. The fourth-order valence-corrected chi connectivity index (χ4v) is 7.73. The second-order valence-corrected chi connectivity index (χ2v) is 11.8. The van der Waals surface area contributed by atoms with Crippen molar-refractivity contribution in [3.8, 4) is 0 Å². The lowest BCUT2D eigenvalue weighted by Gasteiger charge is -2.27. The number of carbonyl (C=O) groups is 2. The maximum atomic E-state index is 13.3. The molecular weight excluding hydrogens is 408 g/mol. The highest BCUT2D eigenvalue weighted by molar-refractivity contribution is 7.96. The summed E-state index contributed by atoms with van der Waals surface area (Å²) >= 11 is 0. The van der Waals surface area contributed by atoms with Gasteiger partial charge in [0.2, 0.25) is 0 Å². The van der Waals surface area contributed by atoms with Crippen LogP contribution in [0.4, 0.5) is 4.79 Å². The minimum atomic E-state index is -3.45. The molecule has 4 rings (SSSR count). The minimum Gasteiger partial charge on any atom is -0.467 e. The second-order valence-electron chi connectivity index (χ2n) is 9.76. The molecule has 0 bridgehead atoms. The van der Waals surface area contributed by atoms with Gasteiger partial charge in [0, 0.05) is 23.4 Å². The summed E-state index contributed by atoms with van der Waals surface area (Å²) in [6.45, 7) is 7.48. The number of fused-ring (bicyclic) bond motifs is 1. The van der Waals surface area contributed by atoms with E-state index < -0.39 is 44.3 Å². The van der Waals surface area contributed by atoms with E-state index in [4.69, 9.17) is 9.47 Å². The standard InChI is InChI=1S/C21H30N2O6S/c1-12-8-6-7-9-15(12)30(26,27)17-16-21(17,22-16)13-10-14(18(24)28-5)23(11-13)19(25)29-20(2,3)4/h6-7,9,12-14,16-17,22H,8,10-11H2,1-5H3/t12?,13?,14-,16?,17-,21?/m0/s1. The van der Waals surface area contributed by atoms with E-state index in [2.05, 4.69) is 5.32 Å². The Kier molecular flexibility index (Phi) is 4.85. The number of amides is 1. The van der Waals surface area contributed by atoms with Gasteiger partial charge >= 0.3 is 12.1 Å². The molecule has 2 aliphatic heterocycles. The van der Waals surface area contributed by atoms with Gasteiger partial charge in [0.1, 0.15) is 16.9 Å². The summed E-state index contributed by atoms with van der Waals surface area (Å²) in [6.07, 6.45) is 5.96. The summed E-state index contributed by atoms with van der Waals surface area (Å²) in [5.41, 5.74) is -1.26. The van der Waals surface area contributed by atoms with Gasteiger partial charge in [0.05, 0.1) is 12.6 Å². The first kappa shape index (κ1) is 21.4. The average molecular weight is 439 g/mol. The number of sulfone groups is 1. The van der Waals surface area contributed by atoms with E-state index in [1.54, 1.807) is 32.9 Å². The summed E-state index contributed by atoms with van der Waals surface area (Å²) in [4.78, 5) is 26.9. The molecule has 9 heteroatoms. The number of allylic oxidation sites excluding steroid dienone is 4. The van der Waals surface area contributed by atoms with Gasteiger partial charge < -0.3 is 14.8 Å². The van der Waals surface area contributed by atoms with Crippen LogP contribution in [0.2, 0.25) is 0 Å². The average Bonchev–Trinajstić information content (AvgIpc) is 3.46. The Morgan fingerprint density at radius 1 is 1.30 bits per heavy atom. The molecule has 2 aliphatic carbocycles.